The number of aromatic nitrogens is 3. The van der Waals surface area contributed by atoms with E-state index in [1.807, 2.05) is 43.3 Å². The number of hydrogen-bond donors (Lipinski definition) is 1. The second-order valence-corrected chi connectivity index (χ2v) is 13.1. The molecule has 0 amide bonds. The predicted molar refractivity (Wildman–Crippen MR) is 164 cm³/mol. The molecule has 228 valence electrons. The molecule has 1 unspecified atom stereocenters. The Bertz CT molecular complexity index is 1890. The molecule has 4 heterocycles. The molecule has 8 nitrogen and oxygen atoms in total. The number of fused-ring (bicyclic) bond motifs is 1. The number of pyridine rings is 2. The zero-order valence-electron chi connectivity index (χ0n) is 24.3. The predicted octanol–water partition coefficient (Wildman–Crippen LogP) is 5.77. The van der Waals surface area contributed by atoms with E-state index >= 15 is 0 Å². The average Bonchev–Trinajstić information content (AvgIpc) is 3.41. The molecule has 5 aromatic rings. The molecule has 0 spiro atoms. The highest BCUT2D eigenvalue weighted by Gasteiger charge is 2.39. The van der Waals surface area contributed by atoms with Crippen molar-refractivity contribution in [2.24, 2.45) is 5.92 Å². The summed E-state index contributed by atoms with van der Waals surface area (Å²) in [6, 6.07) is 19.7. The third-order valence-electron chi connectivity index (χ3n) is 7.96. The summed E-state index contributed by atoms with van der Waals surface area (Å²) in [4.78, 5) is 10.8. The standard InChI is InChI=1S/C33H32F2N4O4S/c1-22-3-10-28(11-4-22)44(41,42)39-19-30(26-9-12-31(43-2)36-15-26)29-13-27(16-37-32(29)39)25-7-5-23(6-8-25)17-38-18-24(20-40)14-33(34,35)21-38/h3-13,15-16,19,24,40H,14,17-18,20-21H2,1-2H3. The third kappa shape index (κ3) is 5.95. The maximum Gasteiger partial charge on any atom is 0.269 e. The molecular formula is C33H32F2N4O4S. The molecule has 1 saturated heterocycles. The van der Waals surface area contributed by atoms with E-state index in [0.717, 1.165) is 22.3 Å². The number of alkyl halides is 2. The van der Waals surface area contributed by atoms with E-state index in [4.69, 9.17) is 4.74 Å². The van der Waals surface area contributed by atoms with Gasteiger partial charge in [-0.1, -0.05) is 42.0 Å². The molecule has 0 aliphatic carbocycles. The minimum atomic E-state index is -3.96. The van der Waals surface area contributed by atoms with E-state index in [1.54, 1.807) is 53.8 Å². The van der Waals surface area contributed by atoms with Crippen molar-refractivity contribution in [1.29, 1.82) is 0 Å². The summed E-state index contributed by atoms with van der Waals surface area (Å²) in [6.07, 6.45) is 4.53. The molecule has 1 aliphatic rings. The van der Waals surface area contributed by atoms with Gasteiger partial charge in [0.25, 0.3) is 15.9 Å². The Kier molecular flexibility index (Phi) is 7.95. The normalized spacial score (nSPS) is 17.2. The molecular weight excluding hydrogens is 586 g/mol. The zero-order chi connectivity index (χ0) is 31.1. The van der Waals surface area contributed by atoms with Crippen LogP contribution in [0.25, 0.3) is 33.3 Å². The number of hydrogen-bond acceptors (Lipinski definition) is 7. The van der Waals surface area contributed by atoms with Crippen LogP contribution >= 0.6 is 0 Å². The summed E-state index contributed by atoms with van der Waals surface area (Å²) < 4.78 is 62.3. The maximum atomic E-state index is 14.2. The Morgan fingerprint density at radius 3 is 2.34 bits per heavy atom. The van der Waals surface area contributed by atoms with Crippen LogP contribution in [0.3, 0.4) is 0 Å². The van der Waals surface area contributed by atoms with Gasteiger partial charge >= 0.3 is 0 Å². The number of ether oxygens (including phenoxy) is 1. The van der Waals surface area contributed by atoms with Crippen LogP contribution in [0.5, 0.6) is 5.88 Å². The van der Waals surface area contributed by atoms with Crippen molar-refractivity contribution in [3.05, 3.63) is 96.4 Å². The van der Waals surface area contributed by atoms with Crippen LogP contribution in [0.15, 0.2) is 90.2 Å². The number of halogens is 2. The number of aliphatic hydroxyl groups excluding tert-OH is 1. The molecule has 0 radical (unpaired) electrons. The Morgan fingerprint density at radius 2 is 1.68 bits per heavy atom. The van der Waals surface area contributed by atoms with E-state index < -0.39 is 21.9 Å². The van der Waals surface area contributed by atoms with Crippen molar-refractivity contribution in [1.82, 2.24) is 18.8 Å². The first-order valence-electron chi connectivity index (χ1n) is 14.2. The Balaban J connectivity index is 1.37. The molecule has 1 fully saturated rings. The number of likely N-dealkylation sites (tertiary alicyclic amines) is 1. The molecule has 0 bridgehead atoms. The summed E-state index contributed by atoms with van der Waals surface area (Å²) in [6.45, 7) is 2.06. The molecule has 1 atom stereocenters. The van der Waals surface area contributed by atoms with Crippen molar-refractivity contribution in [3.63, 3.8) is 0 Å². The van der Waals surface area contributed by atoms with E-state index in [2.05, 4.69) is 9.97 Å². The van der Waals surface area contributed by atoms with Gasteiger partial charge in [0.1, 0.15) is 0 Å². The van der Waals surface area contributed by atoms with E-state index in [9.17, 15) is 22.3 Å². The first-order valence-corrected chi connectivity index (χ1v) is 15.6. The largest absolute Gasteiger partial charge is 0.481 e. The van der Waals surface area contributed by atoms with Crippen LogP contribution in [-0.2, 0) is 16.6 Å². The topological polar surface area (TPSA) is 97.5 Å². The number of rotatable bonds is 8. The van der Waals surface area contributed by atoms with Gasteiger partial charge in [-0.15, -0.1) is 0 Å². The highest BCUT2D eigenvalue weighted by Crippen LogP contribution is 2.35. The number of piperidine rings is 1. The number of aliphatic hydroxyl groups is 1. The van der Waals surface area contributed by atoms with Gasteiger partial charge in [-0.3, -0.25) is 4.90 Å². The van der Waals surface area contributed by atoms with Gasteiger partial charge in [-0.2, -0.15) is 0 Å². The summed E-state index contributed by atoms with van der Waals surface area (Å²) in [7, 11) is -2.43. The number of methoxy groups -OCH3 is 1. The van der Waals surface area contributed by atoms with Crippen molar-refractivity contribution < 1.29 is 27.0 Å². The summed E-state index contributed by atoms with van der Waals surface area (Å²) in [5.41, 5.74) is 5.04. The summed E-state index contributed by atoms with van der Waals surface area (Å²) >= 11 is 0. The second kappa shape index (κ2) is 11.7. The van der Waals surface area contributed by atoms with Gasteiger partial charge in [0, 0.05) is 78.8 Å². The van der Waals surface area contributed by atoms with Gasteiger partial charge in [0.15, 0.2) is 5.65 Å². The molecule has 3 aromatic heterocycles. The highest BCUT2D eigenvalue weighted by molar-refractivity contribution is 7.90. The minimum Gasteiger partial charge on any atom is -0.481 e. The van der Waals surface area contributed by atoms with E-state index in [0.29, 0.717) is 35.5 Å². The summed E-state index contributed by atoms with van der Waals surface area (Å²) in [5, 5.41) is 10.1. The monoisotopic (exact) mass is 618 g/mol. The number of aryl methyl sites for hydroxylation is 1. The SMILES string of the molecule is COc1ccc(-c2cn(S(=O)(=O)c3ccc(C)cc3)c3ncc(-c4ccc(CN5CC(CO)CC(F)(F)C5)cc4)cc23)cn1. The van der Waals surface area contributed by atoms with Gasteiger partial charge in [0.05, 0.1) is 18.6 Å². The van der Waals surface area contributed by atoms with Crippen LogP contribution in [-0.4, -0.2) is 65.1 Å². The quantitative estimate of drug-likeness (QED) is 0.236. The number of benzene rings is 2. The smallest absolute Gasteiger partial charge is 0.269 e. The summed E-state index contributed by atoms with van der Waals surface area (Å²) in [5.74, 6) is -2.84. The Morgan fingerprint density at radius 1 is 0.977 bits per heavy atom. The lowest BCUT2D eigenvalue weighted by atomic mass is 9.95. The molecule has 11 heteroatoms. The minimum absolute atomic E-state index is 0.151. The first-order chi connectivity index (χ1) is 21.1. The van der Waals surface area contributed by atoms with Crippen molar-refractivity contribution in [2.45, 2.75) is 30.7 Å². The van der Waals surface area contributed by atoms with Crippen LogP contribution in [0.1, 0.15) is 17.5 Å². The van der Waals surface area contributed by atoms with Crippen molar-refractivity contribution in [3.8, 4) is 28.1 Å². The van der Waals surface area contributed by atoms with Crippen molar-refractivity contribution in [2.75, 3.05) is 26.8 Å². The fraction of sp³-hybridized carbons (Fsp3) is 0.273. The Labute approximate surface area is 254 Å². The van der Waals surface area contributed by atoms with E-state index in [1.165, 1.54) is 11.1 Å². The molecule has 44 heavy (non-hydrogen) atoms. The zero-order valence-corrected chi connectivity index (χ0v) is 25.1. The van der Waals surface area contributed by atoms with E-state index in [-0.39, 0.29) is 30.1 Å². The maximum absolute atomic E-state index is 14.2. The lowest BCUT2D eigenvalue weighted by Crippen LogP contribution is -2.47. The fourth-order valence-electron chi connectivity index (χ4n) is 5.75. The van der Waals surface area contributed by atoms with Crippen LogP contribution in [0, 0.1) is 12.8 Å². The molecule has 0 saturated carbocycles. The third-order valence-corrected chi connectivity index (χ3v) is 9.62. The van der Waals surface area contributed by atoms with Gasteiger partial charge in [-0.05, 0) is 42.3 Å². The lowest BCUT2D eigenvalue weighted by molar-refractivity contribution is -0.0940. The molecule has 6 rings (SSSR count). The number of nitrogens with zero attached hydrogens (tertiary/aromatic N) is 4. The van der Waals surface area contributed by atoms with Crippen molar-refractivity contribution >= 4 is 21.1 Å². The molecule has 2 aromatic carbocycles. The highest BCUT2D eigenvalue weighted by atomic mass is 32.2. The van der Waals surface area contributed by atoms with Crippen LogP contribution < -0.4 is 4.74 Å². The van der Waals surface area contributed by atoms with Crippen LogP contribution in [0.2, 0.25) is 0 Å². The second-order valence-electron chi connectivity index (χ2n) is 11.3. The Hall–Kier alpha value is -4.19. The average molecular weight is 619 g/mol. The first kappa shape index (κ1) is 29.9. The molecule has 1 N–H and O–H groups in total. The fourth-order valence-corrected chi connectivity index (χ4v) is 7.07. The van der Waals surface area contributed by atoms with Crippen LogP contribution in [0.4, 0.5) is 8.78 Å². The lowest BCUT2D eigenvalue weighted by Gasteiger charge is -2.36. The molecule has 1 aliphatic heterocycles. The van der Waals surface area contributed by atoms with Gasteiger partial charge < -0.3 is 9.84 Å². The van der Waals surface area contributed by atoms with Gasteiger partial charge in [-0.25, -0.2) is 31.1 Å². The van der Waals surface area contributed by atoms with Gasteiger partial charge in [0.2, 0.25) is 5.88 Å².